The smallest absolute Gasteiger partial charge is 0.233 e. The molecule has 6 heteroatoms. The number of hydrogen-bond acceptors (Lipinski definition) is 3. The van der Waals surface area contributed by atoms with E-state index in [0.29, 0.717) is 18.1 Å². The van der Waals surface area contributed by atoms with Gasteiger partial charge < -0.3 is 10.6 Å². The molecular weight excluding hydrogens is 384 g/mol. The molecule has 1 aromatic rings. The van der Waals surface area contributed by atoms with E-state index in [4.69, 9.17) is 0 Å². The van der Waals surface area contributed by atoms with Crippen molar-refractivity contribution in [3.8, 4) is 0 Å². The van der Waals surface area contributed by atoms with Gasteiger partial charge in [0, 0.05) is 27.5 Å². The molecule has 122 valence electrons. The van der Waals surface area contributed by atoms with Crippen molar-refractivity contribution in [2.24, 2.45) is 0 Å². The summed E-state index contributed by atoms with van der Waals surface area (Å²) in [5.74, 6) is 0.161. The van der Waals surface area contributed by atoms with Crippen molar-refractivity contribution in [3.63, 3.8) is 0 Å². The monoisotopic (exact) mass is 404 g/mol. The summed E-state index contributed by atoms with van der Waals surface area (Å²) in [6.45, 7) is 1.98. The number of thioether (sulfide) groups is 1. The summed E-state index contributed by atoms with van der Waals surface area (Å²) >= 11 is 5.05. The van der Waals surface area contributed by atoms with Crippen LogP contribution < -0.4 is 10.6 Å². The molecule has 0 radical (unpaired) electrons. The van der Waals surface area contributed by atoms with Crippen LogP contribution in [0, 0.1) is 0 Å². The van der Waals surface area contributed by atoms with Crippen LogP contribution in [0.1, 0.15) is 32.6 Å². The molecule has 2 aliphatic rings. The first-order valence-corrected chi connectivity index (χ1v) is 9.26. The lowest BCUT2D eigenvalue weighted by atomic mass is 10.00. The SMILES string of the molecule is CC(Sc1ccc(Br)cc1)C(=O)NC1CC2CCC(C1)N2.Cl. The molecule has 2 fully saturated rings. The molecule has 0 spiro atoms. The van der Waals surface area contributed by atoms with Crippen LogP contribution in [-0.4, -0.2) is 29.3 Å². The lowest BCUT2D eigenvalue weighted by Crippen LogP contribution is -2.49. The summed E-state index contributed by atoms with van der Waals surface area (Å²) in [5, 5.41) is 6.79. The maximum atomic E-state index is 12.4. The van der Waals surface area contributed by atoms with Crippen molar-refractivity contribution in [3.05, 3.63) is 28.7 Å². The first-order valence-electron chi connectivity index (χ1n) is 7.59. The second kappa shape index (κ2) is 8.04. The third kappa shape index (κ3) is 4.63. The van der Waals surface area contributed by atoms with Gasteiger partial charge in [0.05, 0.1) is 5.25 Å². The van der Waals surface area contributed by atoms with E-state index in [1.807, 2.05) is 31.2 Å². The maximum Gasteiger partial charge on any atom is 0.233 e. The van der Waals surface area contributed by atoms with Gasteiger partial charge in [-0.1, -0.05) is 15.9 Å². The zero-order valence-electron chi connectivity index (χ0n) is 12.5. The Hall–Kier alpha value is -0.230. The average Bonchev–Trinajstić information content (AvgIpc) is 2.80. The molecule has 0 aliphatic carbocycles. The van der Waals surface area contributed by atoms with Crippen LogP contribution in [0.2, 0.25) is 0 Å². The fraction of sp³-hybridized carbons (Fsp3) is 0.562. The van der Waals surface area contributed by atoms with Gasteiger partial charge in [0.2, 0.25) is 5.91 Å². The normalized spacial score (nSPS) is 27.8. The van der Waals surface area contributed by atoms with E-state index >= 15 is 0 Å². The molecule has 3 nitrogen and oxygen atoms in total. The molecule has 2 heterocycles. The molecule has 3 rings (SSSR count). The number of benzene rings is 1. The Morgan fingerprint density at radius 2 is 1.86 bits per heavy atom. The summed E-state index contributed by atoms with van der Waals surface area (Å²) in [6, 6.07) is 9.69. The molecule has 0 aromatic heterocycles. The van der Waals surface area contributed by atoms with Crippen molar-refractivity contribution >= 4 is 46.0 Å². The van der Waals surface area contributed by atoms with Crippen LogP contribution in [-0.2, 0) is 4.79 Å². The Morgan fingerprint density at radius 3 is 2.45 bits per heavy atom. The van der Waals surface area contributed by atoms with E-state index < -0.39 is 0 Å². The Labute approximate surface area is 150 Å². The number of rotatable bonds is 4. The van der Waals surface area contributed by atoms with E-state index in [2.05, 4.69) is 26.6 Å². The molecule has 2 N–H and O–H groups in total. The number of fused-ring (bicyclic) bond motifs is 2. The zero-order chi connectivity index (χ0) is 14.8. The average molecular weight is 406 g/mol. The van der Waals surface area contributed by atoms with Crippen molar-refractivity contribution in [2.45, 2.75) is 60.9 Å². The largest absolute Gasteiger partial charge is 0.352 e. The predicted octanol–water partition coefficient (Wildman–Crippen LogP) is 3.75. The molecular formula is C16H22BrClN2OS. The van der Waals surface area contributed by atoms with E-state index in [0.717, 1.165) is 22.2 Å². The van der Waals surface area contributed by atoms with Crippen molar-refractivity contribution < 1.29 is 4.79 Å². The van der Waals surface area contributed by atoms with Crippen LogP contribution in [0.4, 0.5) is 0 Å². The molecule has 0 saturated carbocycles. The third-order valence-electron chi connectivity index (χ3n) is 4.32. The molecule has 1 aromatic carbocycles. The highest BCUT2D eigenvalue weighted by Gasteiger charge is 2.34. The molecule has 3 unspecified atom stereocenters. The van der Waals surface area contributed by atoms with Gasteiger partial charge in [-0.25, -0.2) is 0 Å². The number of amides is 1. The van der Waals surface area contributed by atoms with Crippen LogP contribution in [0.3, 0.4) is 0 Å². The van der Waals surface area contributed by atoms with Gasteiger partial charge in [-0.15, -0.1) is 24.2 Å². The van der Waals surface area contributed by atoms with Crippen LogP contribution in [0.25, 0.3) is 0 Å². The standard InChI is InChI=1S/C16H21BrN2OS.ClH/c1-10(21-15-6-2-11(17)3-7-15)16(20)19-14-8-12-4-5-13(9-14)18-12;/h2-3,6-7,10,12-14,18H,4-5,8-9H2,1H3,(H,19,20);1H. The number of piperidine rings is 1. The summed E-state index contributed by atoms with van der Waals surface area (Å²) in [6.07, 6.45) is 4.69. The van der Waals surface area contributed by atoms with Gasteiger partial charge in [0.15, 0.2) is 0 Å². The Bertz CT molecular complexity index is 501. The Kier molecular flexibility index (Phi) is 6.62. The number of hydrogen-bond donors (Lipinski definition) is 2. The fourth-order valence-corrected chi connectivity index (χ4v) is 4.41. The number of halogens is 2. The number of carbonyl (C=O) groups is 1. The molecule has 2 bridgehead atoms. The second-order valence-electron chi connectivity index (χ2n) is 6.03. The maximum absolute atomic E-state index is 12.4. The van der Waals surface area contributed by atoms with E-state index in [1.165, 1.54) is 12.8 Å². The zero-order valence-corrected chi connectivity index (χ0v) is 15.8. The summed E-state index contributed by atoms with van der Waals surface area (Å²) in [4.78, 5) is 13.5. The third-order valence-corrected chi connectivity index (χ3v) is 5.96. The lowest BCUT2D eigenvalue weighted by molar-refractivity contribution is -0.121. The summed E-state index contributed by atoms with van der Waals surface area (Å²) in [7, 11) is 0. The molecule has 2 aliphatic heterocycles. The van der Waals surface area contributed by atoms with Gasteiger partial charge in [-0.2, -0.15) is 0 Å². The van der Waals surface area contributed by atoms with Gasteiger partial charge in [0.1, 0.15) is 0 Å². The summed E-state index contributed by atoms with van der Waals surface area (Å²) in [5.41, 5.74) is 0. The first-order chi connectivity index (χ1) is 10.1. The minimum atomic E-state index is -0.0567. The quantitative estimate of drug-likeness (QED) is 0.750. The van der Waals surface area contributed by atoms with E-state index in [-0.39, 0.29) is 23.6 Å². The van der Waals surface area contributed by atoms with E-state index in [1.54, 1.807) is 11.8 Å². The second-order valence-corrected chi connectivity index (χ2v) is 8.36. The Balaban J connectivity index is 0.00000176. The van der Waals surface area contributed by atoms with Gasteiger partial charge in [-0.05, 0) is 56.9 Å². The van der Waals surface area contributed by atoms with Crippen molar-refractivity contribution in [1.82, 2.24) is 10.6 Å². The van der Waals surface area contributed by atoms with Gasteiger partial charge in [0.25, 0.3) is 0 Å². The summed E-state index contributed by atoms with van der Waals surface area (Å²) < 4.78 is 1.06. The first kappa shape index (κ1) is 18.1. The molecule has 2 saturated heterocycles. The van der Waals surface area contributed by atoms with Crippen molar-refractivity contribution in [2.75, 3.05) is 0 Å². The number of nitrogens with one attached hydrogen (secondary N) is 2. The minimum absolute atomic E-state index is 0. The van der Waals surface area contributed by atoms with Crippen LogP contribution >= 0.6 is 40.1 Å². The topological polar surface area (TPSA) is 41.1 Å². The van der Waals surface area contributed by atoms with Crippen LogP contribution in [0.15, 0.2) is 33.6 Å². The highest BCUT2D eigenvalue weighted by Crippen LogP contribution is 2.28. The van der Waals surface area contributed by atoms with Gasteiger partial charge in [-0.3, -0.25) is 4.79 Å². The lowest BCUT2D eigenvalue weighted by Gasteiger charge is -2.30. The van der Waals surface area contributed by atoms with E-state index in [9.17, 15) is 4.79 Å². The number of carbonyl (C=O) groups excluding carboxylic acids is 1. The fourth-order valence-electron chi connectivity index (χ4n) is 3.26. The Morgan fingerprint density at radius 1 is 1.27 bits per heavy atom. The molecule has 22 heavy (non-hydrogen) atoms. The van der Waals surface area contributed by atoms with Crippen LogP contribution in [0.5, 0.6) is 0 Å². The van der Waals surface area contributed by atoms with Gasteiger partial charge >= 0.3 is 0 Å². The highest BCUT2D eigenvalue weighted by molar-refractivity contribution is 9.10. The minimum Gasteiger partial charge on any atom is -0.352 e. The molecule has 1 amide bonds. The molecule has 3 atom stereocenters. The van der Waals surface area contributed by atoms with Crippen molar-refractivity contribution in [1.29, 1.82) is 0 Å². The predicted molar refractivity (Wildman–Crippen MR) is 97.8 cm³/mol. The highest BCUT2D eigenvalue weighted by atomic mass is 79.9.